The van der Waals surface area contributed by atoms with E-state index in [2.05, 4.69) is 10.3 Å². The molecule has 0 fully saturated rings. The topological polar surface area (TPSA) is 70.6 Å². The van der Waals surface area contributed by atoms with E-state index in [0.717, 1.165) is 16.9 Å². The Balaban J connectivity index is 2.20. The van der Waals surface area contributed by atoms with E-state index in [1.807, 2.05) is 37.3 Å². The molecular formula is C15H14ClN3OS. The molecule has 4 N–H and O–H groups in total. The van der Waals surface area contributed by atoms with E-state index in [4.69, 9.17) is 29.6 Å². The van der Waals surface area contributed by atoms with Gasteiger partial charge in [-0.3, -0.25) is 4.99 Å². The first-order valence-electron chi connectivity index (χ1n) is 6.15. The van der Waals surface area contributed by atoms with Gasteiger partial charge < -0.3 is 16.2 Å². The summed E-state index contributed by atoms with van der Waals surface area (Å²) in [7, 11) is 0. The van der Waals surface area contributed by atoms with E-state index in [0.29, 0.717) is 10.6 Å². The maximum Gasteiger partial charge on any atom is 0.168 e. The largest absolute Gasteiger partial charge is 0.506 e. The Morgan fingerprint density at radius 1 is 1.33 bits per heavy atom. The van der Waals surface area contributed by atoms with Crippen LogP contribution in [-0.4, -0.2) is 16.4 Å². The number of aromatic hydroxyl groups is 1. The number of phenols is 1. The first-order chi connectivity index (χ1) is 9.95. The van der Waals surface area contributed by atoms with Gasteiger partial charge in [0.05, 0.1) is 10.7 Å². The van der Waals surface area contributed by atoms with Crippen molar-refractivity contribution in [3.63, 3.8) is 0 Å². The number of hydrogen-bond donors (Lipinski definition) is 3. The minimum absolute atomic E-state index is 0.0257. The molecule has 0 spiro atoms. The van der Waals surface area contributed by atoms with Gasteiger partial charge in [0.15, 0.2) is 5.11 Å². The van der Waals surface area contributed by atoms with Crippen molar-refractivity contribution < 1.29 is 5.11 Å². The zero-order chi connectivity index (χ0) is 15.4. The standard InChI is InChI=1S/C15H14ClN3OS/c1-9-6-10(14(20)13(16)7-9)8-18-11-2-4-12(5-3-11)19-15(17)21/h2-8,20H,1H3,(H3,17,19,21). The highest BCUT2D eigenvalue weighted by Crippen LogP contribution is 2.28. The molecule has 2 aromatic rings. The maximum absolute atomic E-state index is 9.88. The number of anilines is 1. The number of hydrogen-bond acceptors (Lipinski definition) is 3. The third-order valence-electron chi connectivity index (χ3n) is 2.72. The predicted molar refractivity (Wildman–Crippen MR) is 92.0 cm³/mol. The molecule has 0 atom stereocenters. The summed E-state index contributed by atoms with van der Waals surface area (Å²) >= 11 is 10.7. The van der Waals surface area contributed by atoms with E-state index in [9.17, 15) is 5.11 Å². The highest BCUT2D eigenvalue weighted by molar-refractivity contribution is 7.80. The third-order valence-corrected chi connectivity index (χ3v) is 3.11. The minimum atomic E-state index is 0.0257. The summed E-state index contributed by atoms with van der Waals surface area (Å²) in [6.45, 7) is 1.90. The van der Waals surface area contributed by atoms with E-state index in [-0.39, 0.29) is 10.9 Å². The molecule has 6 heteroatoms. The molecule has 0 saturated carbocycles. The van der Waals surface area contributed by atoms with Crippen molar-refractivity contribution in [3.05, 3.63) is 52.5 Å². The molecule has 0 saturated heterocycles. The van der Waals surface area contributed by atoms with Crippen molar-refractivity contribution >= 4 is 46.5 Å². The van der Waals surface area contributed by atoms with Crippen LogP contribution in [-0.2, 0) is 0 Å². The minimum Gasteiger partial charge on any atom is -0.506 e. The molecule has 0 aliphatic rings. The molecule has 0 amide bonds. The molecule has 2 rings (SSSR count). The molecule has 0 aromatic heterocycles. The Labute approximate surface area is 133 Å². The van der Waals surface area contributed by atoms with Gasteiger partial charge in [-0.2, -0.15) is 0 Å². The Bertz CT molecular complexity index is 699. The van der Waals surface area contributed by atoms with Crippen LogP contribution in [0.2, 0.25) is 5.02 Å². The molecule has 0 aliphatic heterocycles. The Morgan fingerprint density at radius 3 is 2.62 bits per heavy atom. The lowest BCUT2D eigenvalue weighted by Crippen LogP contribution is -2.18. The van der Waals surface area contributed by atoms with Crippen LogP contribution in [0, 0.1) is 6.92 Å². The third kappa shape index (κ3) is 4.18. The molecular weight excluding hydrogens is 306 g/mol. The molecule has 108 valence electrons. The quantitative estimate of drug-likeness (QED) is 0.595. The molecule has 0 aliphatic carbocycles. The average Bonchev–Trinajstić information content (AvgIpc) is 2.42. The molecule has 0 heterocycles. The highest BCUT2D eigenvalue weighted by atomic mass is 35.5. The fourth-order valence-electron chi connectivity index (χ4n) is 1.78. The summed E-state index contributed by atoms with van der Waals surface area (Å²) in [5.74, 6) is 0.0257. The molecule has 0 bridgehead atoms. The summed E-state index contributed by atoms with van der Waals surface area (Å²) in [4.78, 5) is 4.30. The number of nitrogens with two attached hydrogens (primary N) is 1. The summed E-state index contributed by atoms with van der Waals surface area (Å²) in [5, 5.41) is 13.2. The van der Waals surface area contributed by atoms with Crippen molar-refractivity contribution in [3.8, 4) is 5.75 Å². The van der Waals surface area contributed by atoms with Gasteiger partial charge in [0.2, 0.25) is 0 Å². The number of nitrogens with one attached hydrogen (secondary N) is 1. The second-order valence-electron chi connectivity index (χ2n) is 4.48. The van der Waals surface area contributed by atoms with E-state index in [1.54, 1.807) is 12.3 Å². The summed E-state index contributed by atoms with van der Waals surface area (Å²) in [6, 6.07) is 10.8. The van der Waals surface area contributed by atoms with Crippen LogP contribution in [0.25, 0.3) is 0 Å². The Morgan fingerprint density at radius 2 is 2.00 bits per heavy atom. The lowest BCUT2D eigenvalue weighted by molar-refractivity contribution is 0.474. The van der Waals surface area contributed by atoms with Gasteiger partial charge >= 0.3 is 0 Å². The SMILES string of the molecule is Cc1cc(Cl)c(O)c(C=Nc2ccc(NC(N)=S)cc2)c1. The van der Waals surface area contributed by atoms with Crippen LogP contribution in [0.5, 0.6) is 5.75 Å². The van der Waals surface area contributed by atoms with Gasteiger partial charge in [-0.15, -0.1) is 0 Å². The van der Waals surface area contributed by atoms with Crippen molar-refractivity contribution in [1.82, 2.24) is 0 Å². The number of phenolic OH excluding ortho intramolecular Hbond substituents is 1. The number of benzene rings is 2. The number of halogens is 1. The van der Waals surface area contributed by atoms with Crippen LogP contribution in [0.1, 0.15) is 11.1 Å². The zero-order valence-corrected chi connectivity index (χ0v) is 12.9. The maximum atomic E-state index is 9.88. The summed E-state index contributed by atoms with van der Waals surface area (Å²) in [5.41, 5.74) is 8.45. The highest BCUT2D eigenvalue weighted by Gasteiger charge is 2.04. The van der Waals surface area contributed by atoms with Crippen molar-refractivity contribution in [2.75, 3.05) is 5.32 Å². The lowest BCUT2D eigenvalue weighted by atomic mass is 10.1. The van der Waals surface area contributed by atoms with Gasteiger partial charge in [0.1, 0.15) is 5.75 Å². The monoisotopic (exact) mass is 319 g/mol. The zero-order valence-electron chi connectivity index (χ0n) is 11.3. The first-order valence-corrected chi connectivity index (χ1v) is 6.94. The van der Waals surface area contributed by atoms with Gasteiger partial charge in [-0.25, -0.2) is 0 Å². The van der Waals surface area contributed by atoms with Crippen LogP contribution < -0.4 is 11.1 Å². The number of rotatable bonds is 3. The molecule has 21 heavy (non-hydrogen) atoms. The molecule has 2 aromatic carbocycles. The molecule has 0 unspecified atom stereocenters. The first kappa shape index (κ1) is 15.3. The van der Waals surface area contributed by atoms with Gasteiger partial charge in [0, 0.05) is 17.5 Å². The van der Waals surface area contributed by atoms with Crippen molar-refractivity contribution in [1.29, 1.82) is 0 Å². The Kier molecular flexibility index (Phi) is 4.77. The second-order valence-corrected chi connectivity index (χ2v) is 5.33. The number of aliphatic imine (C=N–C) groups is 1. The average molecular weight is 320 g/mol. The van der Waals surface area contributed by atoms with E-state index >= 15 is 0 Å². The predicted octanol–water partition coefficient (Wildman–Crippen LogP) is 3.76. The fourth-order valence-corrected chi connectivity index (χ4v) is 2.18. The number of aryl methyl sites for hydroxylation is 1. The van der Waals surface area contributed by atoms with Gasteiger partial charge in [-0.05, 0) is 61.1 Å². The van der Waals surface area contributed by atoms with Crippen molar-refractivity contribution in [2.45, 2.75) is 6.92 Å². The van der Waals surface area contributed by atoms with E-state index in [1.165, 1.54) is 0 Å². The van der Waals surface area contributed by atoms with Gasteiger partial charge in [0.25, 0.3) is 0 Å². The summed E-state index contributed by atoms with van der Waals surface area (Å²) in [6.07, 6.45) is 1.57. The van der Waals surface area contributed by atoms with Crippen LogP contribution in [0.4, 0.5) is 11.4 Å². The Hall–Kier alpha value is -2.11. The smallest absolute Gasteiger partial charge is 0.168 e. The number of thiocarbonyl (C=S) groups is 1. The fraction of sp³-hybridized carbons (Fsp3) is 0.0667. The van der Waals surface area contributed by atoms with Crippen LogP contribution in [0.3, 0.4) is 0 Å². The summed E-state index contributed by atoms with van der Waals surface area (Å²) < 4.78 is 0. The van der Waals surface area contributed by atoms with Gasteiger partial charge in [-0.1, -0.05) is 11.6 Å². The molecule has 0 radical (unpaired) electrons. The number of nitrogens with zero attached hydrogens (tertiary/aromatic N) is 1. The van der Waals surface area contributed by atoms with Crippen molar-refractivity contribution in [2.24, 2.45) is 10.7 Å². The normalized spacial score (nSPS) is 10.8. The van der Waals surface area contributed by atoms with E-state index < -0.39 is 0 Å². The lowest BCUT2D eigenvalue weighted by Gasteiger charge is -2.04. The second kappa shape index (κ2) is 6.56. The van der Waals surface area contributed by atoms with Crippen LogP contribution >= 0.6 is 23.8 Å². The van der Waals surface area contributed by atoms with Crippen LogP contribution in [0.15, 0.2) is 41.4 Å². The molecule has 4 nitrogen and oxygen atoms in total.